The van der Waals surface area contributed by atoms with E-state index in [1.54, 1.807) is 36.4 Å². The van der Waals surface area contributed by atoms with Crippen molar-refractivity contribution >= 4 is 44.9 Å². The Hall–Kier alpha value is -2.05. The van der Waals surface area contributed by atoms with E-state index in [-0.39, 0.29) is 11.7 Å². The Kier molecular flexibility index (Phi) is 8.13. The maximum absolute atomic E-state index is 12.2. The number of hydrogen-bond donors (Lipinski definition) is 1. The molecule has 144 valence electrons. The van der Waals surface area contributed by atoms with Gasteiger partial charge in [-0.2, -0.15) is 0 Å². The van der Waals surface area contributed by atoms with Crippen LogP contribution in [-0.4, -0.2) is 24.9 Å². The van der Waals surface area contributed by atoms with Gasteiger partial charge in [0.1, 0.15) is 5.75 Å². The number of amides is 1. The number of nitrogens with one attached hydrogen (secondary N) is 1. The Balaban J connectivity index is 1.83. The normalized spacial score (nSPS) is 10.4. The minimum atomic E-state index is -0.152. The lowest BCUT2D eigenvalue weighted by Gasteiger charge is -2.14. The second-order valence-electron chi connectivity index (χ2n) is 5.78. The van der Waals surface area contributed by atoms with Crippen LogP contribution in [0.15, 0.2) is 40.9 Å². The molecule has 0 saturated heterocycles. The number of carbonyl (C=O) groups excluding carboxylic acids is 2. The highest BCUT2D eigenvalue weighted by molar-refractivity contribution is 9.10. The number of rotatable bonds is 9. The van der Waals surface area contributed by atoms with Crippen LogP contribution in [0.1, 0.15) is 37.0 Å². The van der Waals surface area contributed by atoms with Gasteiger partial charge in [0.2, 0.25) is 5.91 Å². The Morgan fingerprint density at radius 1 is 1.15 bits per heavy atom. The summed E-state index contributed by atoms with van der Waals surface area (Å²) in [4.78, 5) is 23.4. The second-order valence-corrected chi connectivity index (χ2v) is 7.07. The molecule has 0 fully saturated rings. The van der Waals surface area contributed by atoms with E-state index in [1.807, 2.05) is 6.92 Å². The zero-order chi connectivity index (χ0) is 19.8. The van der Waals surface area contributed by atoms with E-state index >= 15 is 0 Å². The number of hydrogen-bond acceptors (Lipinski definition) is 4. The van der Waals surface area contributed by atoms with Crippen LogP contribution in [0.3, 0.4) is 0 Å². The molecule has 1 amide bonds. The molecule has 0 heterocycles. The van der Waals surface area contributed by atoms with E-state index in [0.29, 0.717) is 58.3 Å². The first-order valence-electron chi connectivity index (χ1n) is 8.56. The third kappa shape index (κ3) is 6.56. The van der Waals surface area contributed by atoms with E-state index < -0.39 is 0 Å². The molecule has 0 atom stereocenters. The molecule has 2 aromatic carbocycles. The van der Waals surface area contributed by atoms with E-state index in [9.17, 15) is 9.59 Å². The van der Waals surface area contributed by atoms with Gasteiger partial charge in [-0.1, -0.05) is 11.6 Å². The number of carbonyl (C=O) groups is 2. The maximum Gasteiger partial charge on any atom is 0.224 e. The minimum absolute atomic E-state index is 0.0114. The Morgan fingerprint density at radius 3 is 2.48 bits per heavy atom. The SMILES string of the molecule is CCOc1c(Br)cc(Cl)cc1NC(=O)CCCOc1ccc(C(C)=O)cc1. The Bertz CT molecular complexity index is 808. The van der Waals surface area contributed by atoms with Crippen molar-refractivity contribution in [2.75, 3.05) is 18.5 Å². The molecule has 27 heavy (non-hydrogen) atoms. The van der Waals surface area contributed by atoms with Gasteiger partial charge in [-0.25, -0.2) is 0 Å². The summed E-state index contributed by atoms with van der Waals surface area (Å²) < 4.78 is 11.8. The summed E-state index contributed by atoms with van der Waals surface area (Å²) in [6.45, 7) is 4.25. The van der Waals surface area contributed by atoms with Crippen LogP contribution in [-0.2, 0) is 4.79 Å². The van der Waals surface area contributed by atoms with Crippen molar-refractivity contribution in [3.8, 4) is 11.5 Å². The topological polar surface area (TPSA) is 64.6 Å². The molecule has 0 aliphatic rings. The molecule has 0 bridgehead atoms. The zero-order valence-corrected chi connectivity index (χ0v) is 17.5. The number of ketones is 1. The van der Waals surface area contributed by atoms with Crippen molar-refractivity contribution in [1.29, 1.82) is 0 Å². The van der Waals surface area contributed by atoms with Crippen LogP contribution in [0.2, 0.25) is 5.02 Å². The lowest BCUT2D eigenvalue weighted by Crippen LogP contribution is -2.14. The fourth-order valence-electron chi connectivity index (χ4n) is 2.37. The fraction of sp³-hybridized carbons (Fsp3) is 0.300. The van der Waals surface area contributed by atoms with Crippen LogP contribution in [0, 0.1) is 0 Å². The molecule has 0 aliphatic carbocycles. The van der Waals surface area contributed by atoms with Gasteiger partial charge in [-0.05, 0) is 72.6 Å². The summed E-state index contributed by atoms with van der Waals surface area (Å²) in [5, 5.41) is 3.32. The van der Waals surface area contributed by atoms with Gasteiger partial charge in [0.25, 0.3) is 0 Å². The molecular weight excluding hydrogens is 434 g/mol. The van der Waals surface area contributed by atoms with Crippen molar-refractivity contribution < 1.29 is 19.1 Å². The zero-order valence-electron chi connectivity index (χ0n) is 15.2. The van der Waals surface area contributed by atoms with E-state index in [4.69, 9.17) is 21.1 Å². The van der Waals surface area contributed by atoms with E-state index in [2.05, 4.69) is 21.2 Å². The van der Waals surface area contributed by atoms with E-state index in [1.165, 1.54) is 6.92 Å². The van der Waals surface area contributed by atoms with Crippen molar-refractivity contribution in [2.24, 2.45) is 0 Å². The summed E-state index contributed by atoms with van der Waals surface area (Å²) in [5.74, 6) is 1.08. The maximum atomic E-state index is 12.2. The van der Waals surface area contributed by atoms with Gasteiger partial charge in [-0.3, -0.25) is 9.59 Å². The fourth-order valence-corrected chi connectivity index (χ4v) is 3.29. The average molecular weight is 455 g/mol. The largest absolute Gasteiger partial charge is 0.494 e. The summed E-state index contributed by atoms with van der Waals surface area (Å²) >= 11 is 9.44. The monoisotopic (exact) mass is 453 g/mol. The standard InChI is InChI=1S/C20H21BrClNO4/c1-3-26-20-17(21)11-15(22)12-18(20)23-19(25)5-4-10-27-16-8-6-14(7-9-16)13(2)24/h6-9,11-12H,3-5,10H2,1-2H3,(H,23,25). The summed E-state index contributed by atoms with van der Waals surface area (Å²) in [5.41, 5.74) is 1.17. The molecule has 0 aromatic heterocycles. The van der Waals surface area contributed by atoms with Crippen molar-refractivity contribution in [3.63, 3.8) is 0 Å². The average Bonchev–Trinajstić information content (AvgIpc) is 2.62. The minimum Gasteiger partial charge on any atom is -0.494 e. The molecule has 2 rings (SSSR count). The van der Waals surface area contributed by atoms with Crippen molar-refractivity contribution in [2.45, 2.75) is 26.7 Å². The molecule has 0 unspecified atom stereocenters. The quantitative estimate of drug-likeness (QED) is 0.401. The number of Topliss-reactive ketones (excluding diaryl/α,β-unsaturated/α-hetero) is 1. The van der Waals surface area contributed by atoms with Crippen LogP contribution in [0.5, 0.6) is 11.5 Å². The highest BCUT2D eigenvalue weighted by atomic mass is 79.9. The van der Waals surface area contributed by atoms with Crippen LogP contribution in [0.4, 0.5) is 5.69 Å². The second kappa shape index (κ2) is 10.3. The first-order valence-corrected chi connectivity index (χ1v) is 9.73. The lowest BCUT2D eigenvalue weighted by molar-refractivity contribution is -0.116. The van der Waals surface area contributed by atoms with Gasteiger partial charge < -0.3 is 14.8 Å². The molecule has 0 spiro atoms. The van der Waals surface area contributed by atoms with Gasteiger partial charge >= 0.3 is 0 Å². The predicted octanol–water partition coefficient (Wildman–Crippen LogP) is 5.50. The molecule has 0 saturated carbocycles. The number of benzene rings is 2. The Morgan fingerprint density at radius 2 is 1.85 bits per heavy atom. The van der Waals surface area contributed by atoms with Gasteiger partial charge in [0.05, 0.1) is 23.4 Å². The summed E-state index contributed by atoms with van der Waals surface area (Å²) in [6.07, 6.45) is 0.840. The summed E-state index contributed by atoms with van der Waals surface area (Å²) in [7, 11) is 0. The van der Waals surface area contributed by atoms with Gasteiger partial charge in [0.15, 0.2) is 11.5 Å². The predicted molar refractivity (Wildman–Crippen MR) is 110 cm³/mol. The molecular formula is C20H21BrClNO4. The third-order valence-corrected chi connectivity index (χ3v) is 4.46. The van der Waals surface area contributed by atoms with Crippen LogP contribution in [0.25, 0.3) is 0 Å². The van der Waals surface area contributed by atoms with E-state index in [0.717, 1.165) is 0 Å². The molecule has 0 aliphatic heterocycles. The first-order chi connectivity index (χ1) is 12.9. The van der Waals surface area contributed by atoms with Crippen LogP contribution < -0.4 is 14.8 Å². The molecule has 1 N–H and O–H groups in total. The number of ether oxygens (including phenoxy) is 2. The highest BCUT2D eigenvalue weighted by Gasteiger charge is 2.13. The van der Waals surface area contributed by atoms with Crippen molar-refractivity contribution in [1.82, 2.24) is 0 Å². The molecule has 5 nitrogen and oxygen atoms in total. The highest BCUT2D eigenvalue weighted by Crippen LogP contribution is 2.36. The number of anilines is 1. The molecule has 2 aromatic rings. The molecule has 0 radical (unpaired) electrons. The third-order valence-electron chi connectivity index (χ3n) is 3.65. The number of halogens is 2. The smallest absolute Gasteiger partial charge is 0.224 e. The van der Waals surface area contributed by atoms with Crippen LogP contribution >= 0.6 is 27.5 Å². The van der Waals surface area contributed by atoms with Crippen molar-refractivity contribution in [3.05, 3.63) is 51.5 Å². The first kappa shape index (κ1) is 21.3. The molecule has 7 heteroatoms. The summed E-state index contributed by atoms with van der Waals surface area (Å²) in [6, 6.07) is 10.3. The Labute approximate surface area is 172 Å². The van der Waals surface area contributed by atoms with Gasteiger partial charge in [-0.15, -0.1) is 0 Å². The lowest BCUT2D eigenvalue weighted by atomic mass is 10.1. The van der Waals surface area contributed by atoms with Gasteiger partial charge in [0, 0.05) is 17.0 Å².